The van der Waals surface area contributed by atoms with Gasteiger partial charge in [0.25, 0.3) is 0 Å². The molecule has 0 saturated carbocycles. The largest absolute Gasteiger partial charge is 0.478 e. The lowest BCUT2D eigenvalue weighted by Crippen LogP contribution is -2.46. The second-order valence-electron chi connectivity index (χ2n) is 5.29. The number of carboxylic acids is 2. The molecule has 2 aromatic carbocycles. The Labute approximate surface area is 175 Å². The number of aliphatic carboxylic acids is 2. The molecule has 0 aromatic heterocycles. The zero-order valence-electron chi connectivity index (χ0n) is 13.9. The summed E-state index contributed by atoms with van der Waals surface area (Å²) >= 11 is 6.23. The summed E-state index contributed by atoms with van der Waals surface area (Å²) in [4.78, 5) is 47.6. The zero-order chi connectivity index (χ0) is 20.8. The van der Waals surface area contributed by atoms with Gasteiger partial charge in [0.2, 0.25) is 12.2 Å². The Morgan fingerprint density at radius 1 is 0.679 bits per heavy atom. The lowest BCUT2D eigenvalue weighted by atomic mass is 10.1. The third-order valence-electron chi connectivity index (χ3n) is 3.42. The minimum atomic E-state index is -2.26. The Kier molecular flexibility index (Phi) is 7.30. The van der Waals surface area contributed by atoms with E-state index >= 15 is 0 Å². The molecule has 8 nitrogen and oxygen atoms in total. The number of halogens is 2. The minimum Gasteiger partial charge on any atom is -0.478 e. The van der Waals surface area contributed by atoms with Crippen LogP contribution in [0.25, 0.3) is 0 Å². The summed E-state index contributed by atoms with van der Waals surface area (Å²) in [5.41, 5.74) is -0.0370. The van der Waals surface area contributed by atoms with Crippen LogP contribution < -0.4 is 0 Å². The average molecular weight is 516 g/mol. The topological polar surface area (TPSA) is 127 Å². The first-order chi connectivity index (χ1) is 13.2. The molecule has 0 aliphatic heterocycles. The van der Waals surface area contributed by atoms with Gasteiger partial charge in [-0.05, 0) is 56.1 Å². The van der Waals surface area contributed by atoms with Crippen LogP contribution in [0.3, 0.4) is 0 Å². The summed E-state index contributed by atoms with van der Waals surface area (Å²) < 4.78 is 10.3. The highest BCUT2D eigenvalue weighted by atomic mass is 79.9. The standard InChI is InChI=1S/C18H12Br2O8/c19-11-7-3-1-5-9(11)17(25)27-13(15(21)22)14(16(23)24)28-18(26)10-6-2-4-8-12(10)20/h1-8,13-14H,(H,21,22)(H,23,24)/t13-,14-/m0/s1. The maximum Gasteiger partial charge on any atom is 0.349 e. The number of carboxylic acid groups (broad SMARTS) is 2. The fraction of sp³-hybridized carbons (Fsp3) is 0.111. The highest BCUT2D eigenvalue weighted by Crippen LogP contribution is 2.21. The van der Waals surface area contributed by atoms with Gasteiger partial charge in [0.05, 0.1) is 11.1 Å². The summed E-state index contributed by atoms with van der Waals surface area (Å²) in [6, 6.07) is 12.0. The summed E-state index contributed by atoms with van der Waals surface area (Å²) in [5.74, 6) is -5.76. The molecule has 0 heterocycles. The molecule has 0 amide bonds. The second-order valence-corrected chi connectivity index (χ2v) is 7.00. The van der Waals surface area contributed by atoms with Gasteiger partial charge < -0.3 is 19.7 Å². The molecule has 2 rings (SSSR count). The molecule has 10 heteroatoms. The molecule has 146 valence electrons. The molecule has 0 fully saturated rings. The van der Waals surface area contributed by atoms with Gasteiger partial charge >= 0.3 is 23.9 Å². The number of benzene rings is 2. The van der Waals surface area contributed by atoms with Crippen LogP contribution in [0, 0.1) is 0 Å². The van der Waals surface area contributed by atoms with Crippen molar-refractivity contribution in [1.29, 1.82) is 0 Å². The minimum absolute atomic E-state index is 0.0185. The first kappa shape index (κ1) is 21.6. The van der Waals surface area contributed by atoms with Crippen LogP contribution in [0.2, 0.25) is 0 Å². The van der Waals surface area contributed by atoms with E-state index < -0.39 is 36.1 Å². The number of carbonyl (C=O) groups is 4. The molecule has 0 saturated heterocycles. The number of carbonyl (C=O) groups excluding carboxylic acids is 2. The summed E-state index contributed by atoms with van der Waals surface area (Å²) in [6.45, 7) is 0. The Balaban J connectivity index is 2.27. The molecular weight excluding hydrogens is 504 g/mol. The van der Waals surface area contributed by atoms with Crippen LogP contribution in [0.1, 0.15) is 20.7 Å². The van der Waals surface area contributed by atoms with E-state index in [0.717, 1.165) is 0 Å². The zero-order valence-corrected chi connectivity index (χ0v) is 17.0. The maximum absolute atomic E-state index is 12.3. The number of hydrogen-bond acceptors (Lipinski definition) is 6. The van der Waals surface area contributed by atoms with Crippen LogP contribution in [-0.2, 0) is 19.1 Å². The first-order valence-corrected chi connectivity index (χ1v) is 9.17. The fourth-order valence-electron chi connectivity index (χ4n) is 2.09. The lowest BCUT2D eigenvalue weighted by Gasteiger charge is -2.21. The van der Waals surface area contributed by atoms with E-state index in [1.54, 1.807) is 12.1 Å². The van der Waals surface area contributed by atoms with Gasteiger partial charge in [-0.3, -0.25) is 0 Å². The van der Waals surface area contributed by atoms with E-state index in [9.17, 15) is 29.4 Å². The van der Waals surface area contributed by atoms with Crippen LogP contribution in [-0.4, -0.2) is 46.3 Å². The molecule has 2 atom stereocenters. The van der Waals surface area contributed by atoms with E-state index in [4.69, 9.17) is 9.47 Å². The van der Waals surface area contributed by atoms with Crippen LogP contribution in [0.5, 0.6) is 0 Å². The Hall–Kier alpha value is -2.72. The first-order valence-electron chi connectivity index (χ1n) is 7.59. The van der Waals surface area contributed by atoms with Gasteiger partial charge in [-0.25, -0.2) is 19.2 Å². The van der Waals surface area contributed by atoms with Gasteiger partial charge in [-0.1, -0.05) is 24.3 Å². The monoisotopic (exact) mass is 514 g/mol. The fourth-order valence-corrected chi connectivity index (χ4v) is 2.99. The van der Waals surface area contributed by atoms with E-state index in [-0.39, 0.29) is 11.1 Å². The maximum atomic E-state index is 12.3. The van der Waals surface area contributed by atoms with Crippen LogP contribution in [0.4, 0.5) is 0 Å². The smallest absolute Gasteiger partial charge is 0.349 e. The molecular formula is C18H12Br2O8. The quantitative estimate of drug-likeness (QED) is 0.538. The van der Waals surface area contributed by atoms with E-state index in [0.29, 0.717) is 8.95 Å². The Morgan fingerprint density at radius 3 is 1.29 bits per heavy atom. The molecule has 0 bridgehead atoms. The summed E-state index contributed by atoms with van der Waals surface area (Å²) in [5, 5.41) is 18.7. The van der Waals surface area contributed by atoms with Crippen molar-refractivity contribution in [2.45, 2.75) is 12.2 Å². The highest BCUT2D eigenvalue weighted by Gasteiger charge is 2.41. The SMILES string of the molecule is O=C(O[C@H](C(=O)O)[C@H](OC(=O)c1ccccc1Br)C(=O)O)c1ccccc1Br. The van der Waals surface area contributed by atoms with Gasteiger partial charge in [0, 0.05) is 8.95 Å². The normalized spacial score (nSPS) is 12.5. The third-order valence-corrected chi connectivity index (χ3v) is 4.80. The van der Waals surface area contributed by atoms with Crippen LogP contribution in [0.15, 0.2) is 57.5 Å². The Bertz CT molecular complexity index is 852. The van der Waals surface area contributed by atoms with Crippen molar-refractivity contribution < 1.29 is 38.9 Å². The van der Waals surface area contributed by atoms with Gasteiger partial charge in [0.1, 0.15) is 0 Å². The van der Waals surface area contributed by atoms with Crippen molar-refractivity contribution in [2.24, 2.45) is 0 Å². The van der Waals surface area contributed by atoms with Crippen molar-refractivity contribution >= 4 is 55.7 Å². The van der Waals surface area contributed by atoms with Crippen molar-refractivity contribution in [3.8, 4) is 0 Å². The average Bonchev–Trinajstić information content (AvgIpc) is 2.64. The molecule has 0 aliphatic rings. The Morgan fingerprint density at radius 2 is 1.00 bits per heavy atom. The predicted molar refractivity (Wildman–Crippen MR) is 102 cm³/mol. The second kappa shape index (κ2) is 9.47. The molecule has 0 aliphatic carbocycles. The van der Waals surface area contributed by atoms with Crippen LogP contribution >= 0.6 is 31.9 Å². The van der Waals surface area contributed by atoms with Crippen molar-refractivity contribution in [1.82, 2.24) is 0 Å². The van der Waals surface area contributed by atoms with E-state index in [1.807, 2.05) is 0 Å². The molecule has 0 unspecified atom stereocenters. The molecule has 2 aromatic rings. The van der Waals surface area contributed by atoms with E-state index in [2.05, 4.69) is 31.9 Å². The summed E-state index contributed by atoms with van der Waals surface area (Å²) in [6.07, 6.45) is -4.52. The lowest BCUT2D eigenvalue weighted by molar-refractivity contribution is -0.166. The number of esters is 2. The molecule has 28 heavy (non-hydrogen) atoms. The van der Waals surface area contributed by atoms with Gasteiger partial charge in [-0.15, -0.1) is 0 Å². The number of rotatable bonds is 7. The summed E-state index contributed by atoms with van der Waals surface area (Å²) in [7, 11) is 0. The molecule has 2 N–H and O–H groups in total. The third kappa shape index (κ3) is 5.17. The van der Waals surface area contributed by atoms with Gasteiger partial charge in [-0.2, -0.15) is 0 Å². The highest BCUT2D eigenvalue weighted by molar-refractivity contribution is 9.10. The van der Waals surface area contributed by atoms with Crippen molar-refractivity contribution in [3.05, 3.63) is 68.6 Å². The molecule has 0 spiro atoms. The van der Waals surface area contributed by atoms with Gasteiger partial charge in [0.15, 0.2) is 0 Å². The number of ether oxygens (including phenoxy) is 2. The molecule has 0 radical (unpaired) electrons. The van der Waals surface area contributed by atoms with Crippen molar-refractivity contribution in [2.75, 3.05) is 0 Å². The predicted octanol–water partition coefficient (Wildman–Crippen LogP) is 3.13. The number of hydrogen-bond donors (Lipinski definition) is 2. The van der Waals surface area contributed by atoms with E-state index in [1.165, 1.54) is 36.4 Å². The van der Waals surface area contributed by atoms with Crippen molar-refractivity contribution in [3.63, 3.8) is 0 Å².